The maximum absolute atomic E-state index is 13.6. The predicted molar refractivity (Wildman–Crippen MR) is 114 cm³/mol. The number of nitrogens with one attached hydrogen (secondary N) is 1. The first-order valence-electron chi connectivity index (χ1n) is 9.54. The molecule has 1 aromatic carbocycles. The molecule has 0 aliphatic rings. The molecule has 3 heterocycles. The van der Waals surface area contributed by atoms with Crippen LogP contribution < -0.4 is 0 Å². The first-order valence-corrected chi connectivity index (χ1v) is 9.54. The first-order chi connectivity index (χ1) is 14.0. The van der Waals surface area contributed by atoms with Crippen molar-refractivity contribution in [1.29, 1.82) is 0 Å². The minimum absolute atomic E-state index is 0.0449. The van der Waals surface area contributed by atoms with Gasteiger partial charge >= 0.3 is 0 Å². The van der Waals surface area contributed by atoms with Crippen molar-refractivity contribution in [3.8, 4) is 11.3 Å². The van der Waals surface area contributed by atoms with E-state index < -0.39 is 0 Å². The van der Waals surface area contributed by atoms with Gasteiger partial charge in [-0.15, -0.1) is 0 Å². The summed E-state index contributed by atoms with van der Waals surface area (Å²) >= 11 is 0. The zero-order valence-corrected chi connectivity index (χ0v) is 17.0. The molecule has 6 heteroatoms. The minimum Gasteiger partial charge on any atom is -0.335 e. The Morgan fingerprint density at radius 1 is 1.14 bits per heavy atom. The zero-order valence-electron chi connectivity index (χ0n) is 17.0. The molecule has 4 aromatic rings. The van der Waals surface area contributed by atoms with Gasteiger partial charge in [-0.1, -0.05) is 11.6 Å². The highest BCUT2D eigenvalue weighted by Gasteiger charge is 2.23. The van der Waals surface area contributed by atoms with E-state index in [1.807, 2.05) is 52.1 Å². The number of carbonyl (C=O) groups excluding carboxylic acids is 1. The van der Waals surface area contributed by atoms with Crippen LogP contribution in [0.25, 0.3) is 22.2 Å². The maximum atomic E-state index is 13.6. The fourth-order valence-electron chi connectivity index (χ4n) is 3.63. The molecule has 146 valence electrons. The van der Waals surface area contributed by atoms with E-state index in [1.54, 1.807) is 29.7 Å². The number of aromatic nitrogens is 4. The normalized spacial score (nSPS) is 12.1. The number of benzene rings is 1. The largest absolute Gasteiger partial charge is 0.335 e. The van der Waals surface area contributed by atoms with E-state index in [2.05, 4.69) is 21.2 Å². The fourth-order valence-corrected chi connectivity index (χ4v) is 3.63. The number of aryl methyl sites for hydroxylation is 2. The van der Waals surface area contributed by atoms with Crippen LogP contribution in [0.2, 0.25) is 0 Å². The van der Waals surface area contributed by atoms with Crippen molar-refractivity contribution in [1.82, 2.24) is 25.1 Å². The van der Waals surface area contributed by atoms with E-state index in [0.717, 1.165) is 38.9 Å². The summed E-state index contributed by atoms with van der Waals surface area (Å²) in [6.07, 6.45) is 7.00. The van der Waals surface area contributed by atoms with Gasteiger partial charge in [0.15, 0.2) is 0 Å². The van der Waals surface area contributed by atoms with Crippen LogP contribution in [0.5, 0.6) is 0 Å². The van der Waals surface area contributed by atoms with Crippen molar-refractivity contribution in [2.45, 2.75) is 26.8 Å². The molecule has 4 rings (SSSR count). The number of aromatic amines is 1. The van der Waals surface area contributed by atoms with Gasteiger partial charge in [-0.3, -0.25) is 14.9 Å². The number of pyridine rings is 2. The summed E-state index contributed by atoms with van der Waals surface area (Å²) in [4.78, 5) is 24.2. The lowest BCUT2D eigenvalue weighted by molar-refractivity contribution is 0.0744. The third-order valence-corrected chi connectivity index (χ3v) is 5.36. The van der Waals surface area contributed by atoms with Crippen molar-refractivity contribution >= 4 is 16.8 Å². The molecule has 0 aliphatic heterocycles. The standard InChI is InChI=1S/C23H23N5O/c1-14-9-15(2)22-19(10-14)20(11-21(27-22)18-12-25-26-13-18)23(29)28(4)16(3)17-5-7-24-8-6-17/h5-13,16H,1-4H3,(H,25,26). The van der Waals surface area contributed by atoms with Crippen LogP contribution in [0.1, 0.15) is 40.0 Å². The number of hydrogen-bond donors (Lipinski definition) is 1. The second kappa shape index (κ2) is 7.47. The third kappa shape index (κ3) is 3.49. The van der Waals surface area contributed by atoms with Crippen LogP contribution in [0, 0.1) is 13.8 Å². The number of fused-ring (bicyclic) bond motifs is 1. The molecule has 1 unspecified atom stereocenters. The molecule has 3 aromatic heterocycles. The molecule has 1 N–H and O–H groups in total. The molecule has 0 saturated heterocycles. The van der Waals surface area contributed by atoms with Crippen LogP contribution in [0.15, 0.2) is 55.1 Å². The SMILES string of the molecule is Cc1cc(C)c2nc(-c3cn[nH]c3)cc(C(=O)N(C)C(C)c3ccncc3)c2c1. The summed E-state index contributed by atoms with van der Waals surface area (Å²) in [5, 5.41) is 7.72. The summed E-state index contributed by atoms with van der Waals surface area (Å²) in [5.41, 5.74) is 6.24. The van der Waals surface area contributed by atoms with Gasteiger partial charge in [0.25, 0.3) is 5.91 Å². The molecular formula is C23H23N5O. The summed E-state index contributed by atoms with van der Waals surface area (Å²) in [6, 6.07) is 9.77. The topological polar surface area (TPSA) is 74.8 Å². The van der Waals surface area contributed by atoms with Gasteiger partial charge in [0.1, 0.15) is 0 Å². The first kappa shape index (κ1) is 18.8. The van der Waals surface area contributed by atoms with E-state index in [1.165, 1.54) is 0 Å². The second-order valence-electron chi connectivity index (χ2n) is 7.39. The summed E-state index contributed by atoms with van der Waals surface area (Å²) in [7, 11) is 1.83. The van der Waals surface area contributed by atoms with Crippen LogP contribution >= 0.6 is 0 Å². The predicted octanol–water partition coefficient (Wildman–Crippen LogP) is 4.47. The third-order valence-electron chi connectivity index (χ3n) is 5.36. The molecule has 0 spiro atoms. The number of H-pyrrole nitrogens is 1. The number of hydrogen-bond acceptors (Lipinski definition) is 4. The molecular weight excluding hydrogens is 362 g/mol. The lowest BCUT2D eigenvalue weighted by Gasteiger charge is -2.26. The van der Waals surface area contributed by atoms with Crippen molar-refractivity contribution in [3.63, 3.8) is 0 Å². The van der Waals surface area contributed by atoms with Crippen molar-refractivity contribution in [3.05, 3.63) is 77.4 Å². The Morgan fingerprint density at radius 2 is 1.90 bits per heavy atom. The van der Waals surface area contributed by atoms with Crippen LogP contribution in [-0.2, 0) is 0 Å². The smallest absolute Gasteiger partial charge is 0.254 e. The lowest BCUT2D eigenvalue weighted by atomic mass is 9.99. The molecule has 0 radical (unpaired) electrons. The second-order valence-corrected chi connectivity index (χ2v) is 7.39. The summed E-state index contributed by atoms with van der Waals surface area (Å²) < 4.78 is 0. The quantitative estimate of drug-likeness (QED) is 0.562. The van der Waals surface area contributed by atoms with E-state index in [0.29, 0.717) is 5.56 Å². The molecule has 1 amide bonds. The van der Waals surface area contributed by atoms with Crippen LogP contribution in [-0.4, -0.2) is 38.0 Å². The van der Waals surface area contributed by atoms with E-state index in [4.69, 9.17) is 4.98 Å². The van der Waals surface area contributed by atoms with Gasteiger partial charge < -0.3 is 4.90 Å². The van der Waals surface area contributed by atoms with Gasteiger partial charge in [0.2, 0.25) is 0 Å². The maximum Gasteiger partial charge on any atom is 0.254 e. The lowest BCUT2D eigenvalue weighted by Crippen LogP contribution is -2.30. The summed E-state index contributed by atoms with van der Waals surface area (Å²) in [6.45, 7) is 6.08. The van der Waals surface area contributed by atoms with E-state index in [-0.39, 0.29) is 11.9 Å². The van der Waals surface area contributed by atoms with Crippen molar-refractivity contribution in [2.24, 2.45) is 0 Å². The van der Waals surface area contributed by atoms with Crippen LogP contribution in [0.3, 0.4) is 0 Å². The molecule has 6 nitrogen and oxygen atoms in total. The summed E-state index contributed by atoms with van der Waals surface area (Å²) in [5.74, 6) is -0.0449. The van der Waals surface area contributed by atoms with Crippen molar-refractivity contribution in [2.75, 3.05) is 7.05 Å². The Morgan fingerprint density at radius 3 is 2.59 bits per heavy atom. The van der Waals surface area contributed by atoms with Gasteiger partial charge in [-0.2, -0.15) is 5.10 Å². The highest BCUT2D eigenvalue weighted by molar-refractivity contribution is 6.08. The Bertz CT molecular complexity index is 1170. The minimum atomic E-state index is -0.0861. The monoisotopic (exact) mass is 385 g/mol. The Labute approximate surface area is 169 Å². The molecule has 0 fully saturated rings. The average Bonchev–Trinajstić information content (AvgIpc) is 3.27. The fraction of sp³-hybridized carbons (Fsp3) is 0.217. The molecule has 29 heavy (non-hydrogen) atoms. The highest BCUT2D eigenvalue weighted by atomic mass is 16.2. The Hall–Kier alpha value is -3.54. The van der Waals surface area contributed by atoms with Gasteiger partial charge in [-0.05, 0) is 56.2 Å². The van der Waals surface area contributed by atoms with Crippen LogP contribution in [0.4, 0.5) is 0 Å². The van der Waals surface area contributed by atoms with Gasteiger partial charge in [0.05, 0.1) is 29.0 Å². The molecule has 0 aliphatic carbocycles. The number of amides is 1. The number of nitrogens with zero attached hydrogens (tertiary/aromatic N) is 4. The number of rotatable bonds is 4. The van der Waals surface area contributed by atoms with E-state index in [9.17, 15) is 4.79 Å². The van der Waals surface area contributed by atoms with Crippen molar-refractivity contribution < 1.29 is 4.79 Å². The molecule has 0 bridgehead atoms. The van der Waals surface area contributed by atoms with E-state index >= 15 is 0 Å². The molecule has 0 saturated carbocycles. The van der Waals surface area contributed by atoms with Gasteiger partial charge in [0, 0.05) is 36.6 Å². The Kier molecular flexibility index (Phi) is 4.84. The Balaban J connectivity index is 1.86. The zero-order chi connectivity index (χ0) is 20.5. The average molecular weight is 385 g/mol. The molecule has 1 atom stereocenters. The number of carbonyl (C=O) groups is 1. The highest BCUT2D eigenvalue weighted by Crippen LogP contribution is 2.30. The van der Waals surface area contributed by atoms with Gasteiger partial charge in [-0.25, -0.2) is 4.98 Å².